The molecule has 1 saturated carbocycles. The molecule has 1 aromatic rings. The van der Waals surface area contributed by atoms with Crippen LogP contribution in [0, 0.1) is 25.2 Å². The Kier molecular flexibility index (Phi) is 4.23. The van der Waals surface area contributed by atoms with E-state index in [0.29, 0.717) is 11.5 Å². The maximum absolute atomic E-state index is 3.73. The van der Waals surface area contributed by atoms with Crippen molar-refractivity contribution in [3.05, 3.63) is 29.3 Å². The fraction of sp³-hybridized carbons (Fsp3) is 0.667. The highest BCUT2D eigenvalue weighted by atomic mass is 14.9. The Labute approximate surface area is 118 Å². The van der Waals surface area contributed by atoms with E-state index in [2.05, 4.69) is 58.1 Å². The first kappa shape index (κ1) is 14.4. The number of hydrogen-bond acceptors (Lipinski definition) is 1. The standard InChI is InChI=1S/C18H29N/c1-13-10-14(2)12-17(11-13)19-16-8-6-15(7-9-16)18(3,4)5/h10-12,15-16,19H,6-9H2,1-5H3. The zero-order chi connectivity index (χ0) is 14.0. The van der Waals surface area contributed by atoms with Gasteiger partial charge in [-0.3, -0.25) is 0 Å². The van der Waals surface area contributed by atoms with Crippen molar-refractivity contribution < 1.29 is 0 Å². The Bertz CT molecular complexity index is 400. The number of anilines is 1. The minimum absolute atomic E-state index is 0.477. The first-order chi connectivity index (χ1) is 8.84. The van der Waals surface area contributed by atoms with E-state index in [4.69, 9.17) is 0 Å². The molecule has 1 nitrogen and oxygen atoms in total. The summed E-state index contributed by atoms with van der Waals surface area (Å²) in [5.74, 6) is 0.893. The van der Waals surface area contributed by atoms with E-state index >= 15 is 0 Å². The lowest BCUT2D eigenvalue weighted by molar-refractivity contribution is 0.173. The molecule has 2 rings (SSSR count). The lowest BCUT2D eigenvalue weighted by Gasteiger charge is -2.37. The number of nitrogens with one attached hydrogen (secondary N) is 1. The summed E-state index contributed by atoms with van der Waals surface area (Å²) >= 11 is 0. The van der Waals surface area contributed by atoms with Crippen molar-refractivity contribution in [1.29, 1.82) is 0 Å². The highest BCUT2D eigenvalue weighted by Gasteiger charge is 2.29. The monoisotopic (exact) mass is 259 g/mol. The fourth-order valence-electron chi connectivity index (χ4n) is 3.40. The molecule has 0 spiro atoms. The third kappa shape index (κ3) is 3.99. The fourth-order valence-corrected chi connectivity index (χ4v) is 3.40. The van der Waals surface area contributed by atoms with E-state index in [1.807, 2.05) is 0 Å². The summed E-state index contributed by atoms with van der Waals surface area (Å²) in [6.07, 6.45) is 5.36. The number of rotatable bonds is 2. The summed E-state index contributed by atoms with van der Waals surface area (Å²) in [4.78, 5) is 0. The van der Waals surface area contributed by atoms with Gasteiger partial charge in [0.25, 0.3) is 0 Å². The summed E-state index contributed by atoms with van der Waals surface area (Å²) in [7, 11) is 0. The SMILES string of the molecule is Cc1cc(C)cc(NC2CCC(C(C)(C)C)CC2)c1. The Morgan fingerprint density at radius 1 is 0.895 bits per heavy atom. The lowest BCUT2D eigenvalue weighted by atomic mass is 9.71. The molecule has 0 heterocycles. The molecule has 1 fully saturated rings. The van der Waals surface area contributed by atoms with Crippen molar-refractivity contribution in [2.24, 2.45) is 11.3 Å². The van der Waals surface area contributed by atoms with Gasteiger partial charge in [0.2, 0.25) is 0 Å². The first-order valence-electron chi connectivity index (χ1n) is 7.69. The van der Waals surface area contributed by atoms with Gasteiger partial charge in [0.1, 0.15) is 0 Å². The normalized spacial score (nSPS) is 24.3. The summed E-state index contributed by atoms with van der Waals surface area (Å²) in [6, 6.07) is 7.44. The molecule has 0 amide bonds. The second-order valence-electron chi connectivity index (χ2n) is 7.44. The number of hydrogen-bond donors (Lipinski definition) is 1. The van der Waals surface area contributed by atoms with Crippen LogP contribution >= 0.6 is 0 Å². The van der Waals surface area contributed by atoms with Gasteiger partial charge in [-0.2, -0.15) is 0 Å². The van der Waals surface area contributed by atoms with Crippen molar-refractivity contribution in [3.8, 4) is 0 Å². The summed E-state index contributed by atoms with van der Waals surface area (Å²) < 4.78 is 0. The molecule has 0 saturated heterocycles. The molecule has 1 aliphatic rings. The molecule has 1 N–H and O–H groups in total. The molecular formula is C18H29N. The van der Waals surface area contributed by atoms with Gasteiger partial charge in [-0.15, -0.1) is 0 Å². The highest BCUT2D eigenvalue weighted by molar-refractivity contribution is 5.49. The zero-order valence-corrected chi connectivity index (χ0v) is 13.2. The molecule has 1 aliphatic carbocycles. The van der Waals surface area contributed by atoms with Crippen LogP contribution in [0.3, 0.4) is 0 Å². The molecule has 0 radical (unpaired) electrons. The van der Waals surface area contributed by atoms with E-state index in [1.54, 1.807) is 0 Å². The van der Waals surface area contributed by atoms with Crippen molar-refractivity contribution in [2.75, 3.05) is 5.32 Å². The minimum Gasteiger partial charge on any atom is -0.382 e. The van der Waals surface area contributed by atoms with Crippen LogP contribution in [-0.2, 0) is 0 Å². The van der Waals surface area contributed by atoms with Crippen LogP contribution in [-0.4, -0.2) is 6.04 Å². The average molecular weight is 259 g/mol. The number of benzene rings is 1. The van der Waals surface area contributed by atoms with Crippen LogP contribution in [0.15, 0.2) is 18.2 Å². The minimum atomic E-state index is 0.477. The molecule has 0 bridgehead atoms. The van der Waals surface area contributed by atoms with Gasteiger partial charge in [-0.05, 0) is 74.1 Å². The Hall–Kier alpha value is -0.980. The second kappa shape index (κ2) is 5.56. The van der Waals surface area contributed by atoms with E-state index in [-0.39, 0.29) is 0 Å². The van der Waals surface area contributed by atoms with Gasteiger partial charge in [0.15, 0.2) is 0 Å². The van der Waals surface area contributed by atoms with Gasteiger partial charge in [0.05, 0.1) is 0 Å². The third-order valence-electron chi connectivity index (χ3n) is 4.54. The van der Waals surface area contributed by atoms with Crippen LogP contribution in [0.2, 0.25) is 0 Å². The predicted molar refractivity (Wildman–Crippen MR) is 84.7 cm³/mol. The molecule has 0 unspecified atom stereocenters. The van der Waals surface area contributed by atoms with E-state index in [9.17, 15) is 0 Å². The van der Waals surface area contributed by atoms with E-state index in [0.717, 1.165) is 5.92 Å². The van der Waals surface area contributed by atoms with Gasteiger partial charge in [0, 0.05) is 11.7 Å². The quantitative estimate of drug-likeness (QED) is 0.758. The Morgan fingerprint density at radius 3 is 1.89 bits per heavy atom. The molecule has 1 aromatic carbocycles. The van der Waals surface area contributed by atoms with Crippen LogP contribution in [0.1, 0.15) is 57.6 Å². The summed E-state index contributed by atoms with van der Waals surface area (Å²) in [5, 5.41) is 3.73. The van der Waals surface area contributed by atoms with Crippen molar-refractivity contribution in [2.45, 2.75) is 66.3 Å². The Balaban J connectivity index is 1.92. The average Bonchev–Trinajstić information content (AvgIpc) is 2.26. The van der Waals surface area contributed by atoms with Crippen LogP contribution in [0.25, 0.3) is 0 Å². The first-order valence-corrected chi connectivity index (χ1v) is 7.69. The van der Waals surface area contributed by atoms with Crippen molar-refractivity contribution >= 4 is 5.69 Å². The lowest BCUT2D eigenvalue weighted by Crippen LogP contribution is -2.31. The molecule has 1 heteroatoms. The van der Waals surface area contributed by atoms with E-state index < -0.39 is 0 Å². The van der Waals surface area contributed by atoms with Gasteiger partial charge >= 0.3 is 0 Å². The van der Waals surface area contributed by atoms with Gasteiger partial charge in [-0.1, -0.05) is 26.8 Å². The molecule has 0 aromatic heterocycles. The van der Waals surface area contributed by atoms with Gasteiger partial charge in [-0.25, -0.2) is 0 Å². The molecule has 0 aliphatic heterocycles. The number of aryl methyl sites for hydroxylation is 2. The van der Waals surface area contributed by atoms with E-state index in [1.165, 1.54) is 42.5 Å². The molecule has 19 heavy (non-hydrogen) atoms. The predicted octanol–water partition coefficient (Wildman–Crippen LogP) is 5.32. The maximum atomic E-state index is 3.73. The summed E-state index contributed by atoms with van der Waals surface area (Å²) in [5.41, 5.74) is 4.48. The Morgan fingerprint density at radius 2 is 1.42 bits per heavy atom. The smallest absolute Gasteiger partial charge is 0.0347 e. The molecular weight excluding hydrogens is 230 g/mol. The topological polar surface area (TPSA) is 12.0 Å². The largest absolute Gasteiger partial charge is 0.382 e. The second-order valence-corrected chi connectivity index (χ2v) is 7.44. The highest BCUT2D eigenvalue weighted by Crippen LogP contribution is 2.38. The van der Waals surface area contributed by atoms with Crippen molar-refractivity contribution in [1.82, 2.24) is 0 Å². The van der Waals surface area contributed by atoms with Crippen LogP contribution in [0.5, 0.6) is 0 Å². The zero-order valence-electron chi connectivity index (χ0n) is 13.2. The summed E-state index contributed by atoms with van der Waals surface area (Å²) in [6.45, 7) is 11.5. The van der Waals surface area contributed by atoms with Crippen LogP contribution in [0.4, 0.5) is 5.69 Å². The maximum Gasteiger partial charge on any atom is 0.0347 e. The molecule has 0 atom stereocenters. The molecule has 106 valence electrons. The van der Waals surface area contributed by atoms with Crippen molar-refractivity contribution in [3.63, 3.8) is 0 Å². The van der Waals surface area contributed by atoms with Crippen LogP contribution < -0.4 is 5.32 Å². The van der Waals surface area contributed by atoms with Gasteiger partial charge < -0.3 is 5.32 Å². The third-order valence-corrected chi connectivity index (χ3v) is 4.54.